The van der Waals surface area contributed by atoms with Gasteiger partial charge < -0.3 is 4.42 Å². The van der Waals surface area contributed by atoms with Gasteiger partial charge in [-0.15, -0.1) is 0 Å². The zero-order chi connectivity index (χ0) is 20.4. The Hall–Kier alpha value is -1.84. The van der Waals surface area contributed by atoms with Crippen LogP contribution in [0.1, 0.15) is 11.0 Å². The van der Waals surface area contributed by atoms with E-state index in [1.807, 2.05) is 0 Å². The molecule has 0 radical (unpaired) electrons. The molecule has 3 aromatic rings. The molecule has 0 saturated carbocycles. The van der Waals surface area contributed by atoms with Crippen LogP contribution in [-0.4, -0.2) is 23.4 Å². The lowest BCUT2D eigenvalue weighted by atomic mass is 10.3. The van der Waals surface area contributed by atoms with Gasteiger partial charge in [-0.2, -0.15) is 0 Å². The quantitative estimate of drug-likeness (QED) is 0.574. The summed E-state index contributed by atoms with van der Waals surface area (Å²) in [5.41, 5.74) is 0. The van der Waals surface area contributed by atoms with Gasteiger partial charge in [0.2, 0.25) is 10.0 Å². The summed E-state index contributed by atoms with van der Waals surface area (Å²) >= 11 is 11.6. The van der Waals surface area contributed by atoms with E-state index < -0.39 is 31.7 Å². The third kappa shape index (κ3) is 4.59. The fourth-order valence-electron chi connectivity index (χ4n) is 2.51. The second-order valence-corrected chi connectivity index (χ2v) is 10.6. The van der Waals surface area contributed by atoms with Crippen LogP contribution in [0.15, 0.2) is 81.1 Å². The van der Waals surface area contributed by atoms with Crippen molar-refractivity contribution in [3.63, 3.8) is 0 Å². The average molecular weight is 460 g/mol. The van der Waals surface area contributed by atoms with Crippen LogP contribution < -0.4 is 4.72 Å². The van der Waals surface area contributed by atoms with Crippen LogP contribution in [0.4, 0.5) is 0 Å². The highest BCUT2D eigenvalue weighted by Crippen LogP contribution is 2.30. The van der Waals surface area contributed by atoms with Crippen molar-refractivity contribution in [1.29, 1.82) is 0 Å². The summed E-state index contributed by atoms with van der Waals surface area (Å²) in [6.45, 7) is -0.413. The molecule has 2 aromatic carbocycles. The minimum atomic E-state index is -3.95. The van der Waals surface area contributed by atoms with Gasteiger partial charge in [-0.3, -0.25) is 0 Å². The first-order valence-electron chi connectivity index (χ1n) is 7.98. The van der Waals surface area contributed by atoms with Crippen LogP contribution in [0.5, 0.6) is 0 Å². The molecule has 3 rings (SSSR count). The molecule has 10 heteroatoms. The first kappa shape index (κ1) is 20.9. The lowest BCUT2D eigenvalue weighted by molar-refractivity contribution is 0.486. The topological polar surface area (TPSA) is 93.4 Å². The molecule has 0 unspecified atom stereocenters. The molecule has 0 saturated heterocycles. The van der Waals surface area contributed by atoms with Gasteiger partial charge >= 0.3 is 0 Å². The van der Waals surface area contributed by atoms with Gasteiger partial charge in [0.1, 0.15) is 11.0 Å². The van der Waals surface area contributed by atoms with Crippen LogP contribution in [-0.2, 0) is 19.9 Å². The summed E-state index contributed by atoms with van der Waals surface area (Å²) in [4.78, 5) is -0.0250. The van der Waals surface area contributed by atoms with Crippen LogP contribution >= 0.6 is 23.2 Å². The number of sulfonamides is 1. The predicted octanol–water partition coefficient (Wildman–Crippen LogP) is 4.08. The second kappa shape index (κ2) is 8.26. The number of sulfone groups is 1. The van der Waals surface area contributed by atoms with E-state index in [9.17, 15) is 16.8 Å². The second-order valence-electron chi connectivity index (χ2n) is 5.81. The van der Waals surface area contributed by atoms with Gasteiger partial charge in [0.05, 0.1) is 16.1 Å². The zero-order valence-electron chi connectivity index (χ0n) is 14.2. The van der Waals surface area contributed by atoms with E-state index in [1.54, 1.807) is 0 Å². The first-order chi connectivity index (χ1) is 13.2. The zero-order valence-corrected chi connectivity index (χ0v) is 17.4. The summed E-state index contributed by atoms with van der Waals surface area (Å²) in [6, 6.07) is 14.2. The highest BCUT2D eigenvalue weighted by Gasteiger charge is 2.32. The Morgan fingerprint density at radius 2 is 1.36 bits per heavy atom. The molecule has 0 amide bonds. The van der Waals surface area contributed by atoms with Crippen LogP contribution in [0.25, 0.3) is 0 Å². The van der Waals surface area contributed by atoms with Crippen molar-refractivity contribution in [3.8, 4) is 0 Å². The maximum atomic E-state index is 13.1. The molecular weight excluding hydrogens is 445 g/mol. The maximum absolute atomic E-state index is 13.1. The van der Waals surface area contributed by atoms with Crippen LogP contribution in [0, 0.1) is 0 Å². The Morgan fingerprint density at radius 3 is 1.86 bits per heavy atom. The molecule has 148 valence electrons. The van der Waals surface area contributed by atoms with E-state index in [4.69, 9.17) is 27.6 Å². The molecule has 1 N–H and O–H groups in total. The number of nitrogens with one attached hydrogen (secondary N) is 1. The van der Waals surface area contributed by atoms with Gasteiger partial charge in [-0.25, -0.2) is 21.6 Å². The molecule has 1 heterocycles. The van der Waals surface area contributed by atoms with Gasteiger partial charge in [-0.05, 0) is 60.7 Å². The molecule has 0 fully saturated rings. The largest absolute Gasteiger partial charge is 0.468 e. The molecular formula is C18H15Cl2NO5S2. The fraction of sp³-hybridized carbons (Fsp3) is 0.111. The molecule has 0 spiro atoms. The standard InChI is InChI=1S/C18H15Cl2NO5S2/c19-13-3-7-15(8-4-13)27(22,23)18(17-2-1-11-26-17)12-21-28(24,25)16-9-5-14(20)6-10-16/h1-11,18,21H,12H2/t18-/m0/s1. The Kier molecular flexibility index (Phi) is 6.16. The summed E-state index contributed by atoms with van der Waals surface area (Å²) < 4.78 is 58.8. The van der Waals surface area contributed by atoms with Crippen molar-refractivity contribution in [2.24, 2.45) is 0 Å². The van der Waals surface area contributed by atoms with Gasteiger partial charge in [-0.1, -0.05) is 23.2 Å². The number of rotatable bonds is 7. The van der Waals surface area contributed by atoms with Crippen molar-refractivity contribution in [2.45, 2.75) is 15.0 Å². The molecule has 0 bridgehead atoms. The Balaban J connectivity index is 1.91. The SMILES string of the molecule is O=S(=O)(NC[C@@H](c1ccco1)S(=O)(=O)c1ccc(Cl)cc1)c1ccc(Cl)cc1. The van der Waals surface area contributed by atoms with Gasteiger partial charge in [0.15, 0.2) is 9.84 Å². The van der Waals surface area contributed by atoms with E-state index in [-0.39, 0.29) is 15.6 Å². The van der Waals surface area contributed by atoms with E-state index in [0.29, 0.717) is 10.0 Å². The Bertz CT molecular complexity index is 1140. The molecule has 0 aliphatic heterocycles. The Morgan fingerprint density at radius 1 is 0.821 bits per heavy atom. The van der Waals surface area contributed by atoms with Crippen LogP contribution in [0.2, 0.25) is 10.0 Å². The monoisotopic (exact) mass is 459 g/mol. The summed E-state index contributed by atoms with van der Waals surface area (Å²) in [5.74, 6) is 0.119. The number of hydrogen-bond donors (Lipinski definition) is 1. The summed E-state index contributed by atoms with van der Waals surface area (Å²) in [7, 11) is -7.90. The van der Waals surface area contributed by atoms with Crippen LogP contribution in [0.3, 0.4) is 0 Å². The van der Waals surface area contributed by atoms with Crippen molar-refractivity contribution in [1.82, 2.24) is 4.72 Å². The maximum Gasteiger partial charge on any atom is 0.240 e. The van der Waals surface area contributed by atoms with Gasteiger partial charge in [0.25, 0.3) is 0 Å². The minimum absolute atomic E-state index is 0.00370. The smallest absolute Gasteiger partial charge is 0.240 e. The van der Waals surface area contributed by atoms with E-state index >= 15 is 0 Å². The predicted molar refractivity (Wildman–Crippen MR) is 107 cm³/mol. The van der Waals surface area contributed by atoms with Crippen molar-refractivity contribution in [3.05, 3.63) is 82.7 Å². The fourth-order valence-corrected chi connectivity index (χ4v) is 5.50. The molecule has 1 aromatic heterocycles. The van der Waals surface area contributed by atoms with Crippen molar-refractivity contribution in [2.75, 3.05) is 6.54 Å². The van der Waals surface area contributed by atoms with Gasteiger partial charge in [0, 0.05) is 16.6 Å². The molecule has 1 atom stereocenters. The molecule has 0 aliphatic carbocycles. The minimum Gasteiger partial charge on any atom is -0.468 e. The first-order valence-corrected chi connectivity index (χ1v) is 11.8. The molecule has 6 nitrogen and oxygen atoms in total. The number of hydrogen-bond acceptors (Lipinski definition) is 5. The molecule has 0 aliphatic rings. The van der Waals surface area contributed by atoms with E-state index in [2.05, 4.69) is 4.72 Å². The lowest BCUT2D eigenvalue weighted by Gasteiger charge is -2.17. The number of furan rings is 1. The van der Waals surface area contributed by atoms with Crippen molar-refractivity contribution < 1.29 is 21.3 Å². The normalized spacial score (nSPS) is 13.4. The number of benzene rings is 2. The lowest BCUT2D eigenvalue weighted by Crippen LogP contribution is -2.31. The third-order valence-electron chi connectivity index (χ3n) is 3.96. The average Bonchev–Trinajstić information content (AvgIpc) is 3.16. The summed E-state index contributed by atoms with van der Waals surface area (Å²) in [6.07, 6.45) is 1.33. The Labute approximate surface area is 173 Å². The third-order valence-corrected chi connectivity index (χ3v) is 7.98. The van der Waals surface area contributed by atoms with Crippen molar-refractivity contribution >= 4 is 43.1 Å². The molecule has 28 heavy (non-hydrogen) atoms. The number of halogens is 2. The highest BCUT2D eigenvalue weighted by molar-refractivity contribution is 7.92. The highest BCUT2D eigenvalue weighted by atomic mass is 35.5. The van der Waals surface area contributed by atoms with E-state index in [1.165, 1.54) is 66.9 Å². The summed E-state index contributed by atoms with van der Waals surface area (Å²) in [5, 5.41) is -0.486. The van der Waals surface area contributed by atoms with E-state index in [0.717, 1.165) is 0 Å².